The van der Waals surface area contributed by atoms with Crippen molar-refractivity contribution < 1.29 is 13.3 Å². The van der Waals surface area contributed by atoms with Crippen molar-refractivity contribution in [2.75, 3.05) is 0 Å². The topological polar surface area (TPSA) is 83.0 Å². The smallest absolute Gasteiger partial charge is 0.238 e. The summed E-state index contributed by atoms with van der Waals surface area (Å²) in [5.41, 5.74) is 10.6. The summed E-state index contributed by atoms with van der Waals surface area (Å²) in [6, 6.07) is 58.0. The number of nitrogens with zero attached hydrogens (tertiary/aromatic N) is 4. The van der Waals surface area contributed by atoms with Gasteiger partial charge in [-0.15, -0.1) is 0 Å². The van der Waals surface area contributed by atoms with Crippen LogP contribution in [-0.4, -0.2) is 19.5 Å². The van der Waals surface area contributed by atoms with E-state index in [1.165, 1.54) is 0 Å². The largest absolute Gasteiger partial charge is 0.456 e. The number of hydrogen-bond donors (Lipinski definition) is 0. The van der Waals surface area contributed by atoms with Gasteiger partial charge in [-0.1, -0.05) is 109 Å². The molecule has 0 saturated carbocycles. The maximum atomic E-state index is 6.55. The Kier molecular flexibility index (Phi) is 6.32. The van der Waals surface area contributed by atoms with Gasteiger partial charge in [-0.3, -0.25) is 4.57 Å². The van der Waals surface area contributed by atoms with E-state index >= 15 is 0 Å². The quantitative estimate of drug-likeness (QED) is 0.178. The van der Waals surface area contributed by atoms with Crippen molar-refractivity contribution in [1.29, 1.82) is 0 Å². The number of rotatable bonds is 4. The van der Waals surface area contributed by atoms with Gasteiger partial charge >= 0.3 is 0 Å². The molecule has 7 heteroatoms. The molecule has 0 spiro atoms. The van der Waals surface area contributed by atoms with Crippen LogP contribution in [-0.2, 0) is 0 Å². The molecular formula is C51H28N4O3. The molecule has 5 heterocycles. The first-order chi connectivity index (χ1) is 28.7. The van der Waals surface area contributed by atoms with E-state index in [1.807, 2.05) is 66.7 Å². The zero-order chi connectivity index (χ0) is 37.9. The Labute approximate surface area is 329 Å². The molecule has 0 aliphatic carbocycles. The minimum atomic E-state index is 0.488. The third-order valence-corrected chi connectivity index (χ3v) is 11.5. The first-order valence-corrected chi connectivity index (χ1v) is 19.3. The third-order valence-electron chi connectivity index (χ3n) is 11.5. The van der Waals surface area contributed by atoms with Gasteiger partial charge < -0.3 is 13.3 Å². The Morgan fingerprint density at radius 3 is 1.66 bits per heavy atom. The van der Waals surface area contributed by atoms with Crippen molar-refractivity contribution in [2.24, 2.45) is 0 Å². The van der Waals surface area contributed by atoms with Gasteiger partial charge in [-0.05, 0) is 65.7 Å². The molecule has 0 atom stereocenters. The van der Waals surface area contributed by atoms with E-state index in [9.17, 15) is 0 Å². The summed E-state index contributed by atoms with van der Waals surface area (Å²) >= 11 is 0. The second-order valence-corrected chi connectivity index (χ2v) is 14.8. The van der Waals surface area contributed by atoms with E-state index in [4.69, 9.17) is 28.2 Å². The SMILES string of the molecule is c1ccc(-c2cccc3oc4cc(-c5nc(-c6ccc7c(c6)oc6ccccc67)nc(-n6c7ccccc7c7cc8c(cc76)oc6ccccc68)n5)ccc4c23)cc1. The van der Waals surface area contributed by atoms with Crippen LogP contribution in [0.1, 0.15) is 0 Å². The highest BCUT2D eigenvalue weighted by Crippen LogP contribution is 2.41. The molecule has 0 bridgehead atoms. The fourth-order valence-corrected chi connectivity index (χ4v) is 8.81. The molecule has 8 aromatic carbocycles. The molecule has 5 aromatic heterocycles. The number of benzene rings is 8. The summed E-state index contributed by atoms with van der Waals surface area (Å²) in [4.78, 5) is 15.7. The molecule has 0 radical (unpaired) electrons. The Morgan fingerprint density at radius 1 is 0.328 bits per heavy atom. The normalized spacial score (nSPS) is 12.1. The summed E-state index contributed by atoms with van der Waals surface area (Å²) in [5, 5.41) is 8.54. The number of furan rings is 3. The average Bonchev–Trinajstić information content (AvgIpc) is 4.03. The minimum Gasteiger partial charge on any atom is -0.456 e. The molecule has 270 valence electrons. The Balaban J connectivity index is 1.07. The molecule has 13 aromatic rings. The first kappa shape index (κ1) is 31.2. The lowest BCUT2D eigenvalue weighted by molar-refractivity contribution is 0.668. The molecule has 0 unspecified atom stereocenters. The lowest BCUT2D eigenvalue weighted by Gasteiger charge is -2.11. The standard InChI is InChI=1S/C51H28N4O3/c1-2-11-29(12-3-1)32-16-10-20-44-48(32)37-24-22-31(26-46(37)58-44)50-52-49(30-21-23-36-34-14-5-8-18-42(34)56-45(36)25-30)53-51(54-50)55-40-17-7-4-13-33(40)38-27-39-35-15-6-9-19-43(35)57-47(39)28-41(38)55/h1-28H. The molecule has 0 amide bonds. The monoisotopic (exact) mass is 744 g/mol. The van der Waals surface area contributed by atoms with Crippen LogP contribution in [0.5, 0.6) is 0 Å². The second kappa shape index (κ2) is 11.7. The summed E-state index contributed by atoms with van der Waals surface area (Å²) in [5.74, 6) is 1.53. The van der Waals surface area contributed by atoms with E-state index in [2.05, 4.69) is 108 Å². The Morgan fingerprint density at radius 2 is 0.897 bits per heavy atom. The molecule has 13 rings (SSSR count). The lowest BCUT2D eigenvalue weighted by atomic mass is 9.99. The zero-order valence-electron chi connectivity index (χ0n) is 30.7. The molecule has 0 saturated heterocycles. The van der Waals surface area contributed by atoms with Crippen LogP contribution in [0.2, 0.25) is 0 Å². The van der Waals surface area contributed by atoms with Crippen LogP contribution < -0.4 is 0 Å². The van der Waals surface area contributed by atoms with Crippen molar-refractivity contribution in [3.63, 3.8) is 0 Å². The molecule has 0 aliphatic rings. The zero-order valence-corrected chi connectivity index (χ0v) is 30.7. The van der Waals surface area contributed by atoms with Crippen molar-refractivity contribution in [3.8, 4) is 39.9 Å². The van der Waals surface area contributed by atoms with Crippen molar-refractivity contribution in [1.82, 2.24) is 19.5 Å². The summed E-state index contributed by atoms with van der Waals surface area (Å²) in [6.45, 7) is 0. The van der Waals surface area contributed by atoms with Gasteiger partial charge in [0.1, 0.15) is 33.5 Å². The maximum absolute atomic E-state index is 6.55. The van der Waals surface area contributed by atoms with Gasteiger partial charge in [0.25, 0.3) is 0 Å². The molecule has 0 fully saturated rings. The van der Waals surface area contributed by atoms with E-state index in [0.29, 0.717) is 17.6 Å². The van der Waals surface area contributed by atoms with Crippen LogP contribution in [0.15, 0.2) is 183 Å². The van der Waals surface area contributed by atoms with Crippen molar-refractivity contribution >= 4 is 87.6 Å². The van der Waals surface area contributed by atoms with Crippen molar-refractivity contribution in [3.05, 3.63) is 170 Å². The van der Waals surface area contributed by atoms with Gasteiger partial charge in [0.2, 0.25) is 5.95 Å². The van der Waals surface area contributed by atoms with E-state index < -0.39 is 0 Å². The number of aromatic nitrogens is 4. The predicted octanol–water partition coefficient (Wildman–Crippen LogP) is 13.7. The van der Waals surface area contributed by atoms with Crippen LogP contribution in [0.4, 0.5) is 0 Å². The number of para-hydroxylation sites is 3. The molecule has 58 heavy (non-hydrogen) atoms. The fourth-order valence-electron chi connectivity index (χ4n) is 8.81. The van der Waals surface area contributed by atoms with Gasteiger partial charge in [0.05, 0.1) is 11.0 Å². The number of hydrogen-bond acceptors (Lipinski definition) is 6. The fraction of sp³-hybridized carbons (Fsp3) is 0. The maximum Gasteiger partial charge on any atom is 0.238 e. The summed E-state index contributed by atoms with van der Waals surface area (Å²) in [6.07, 6.45) is 0. The summed E-state index contributed by atoms with van der Waals surface area (Å²) < 4.78 is 21.4. The average molecular weight is 745 g/mol. The van der Waals surface area contributed by atoms with E-state index in [-0.39, 0.29) is 0 Å². The highest BCUT2D eigenvalue weighted by molar-refractivity contribution is 6.17. The van der Waals surface area contributed by atoms with Gasteiger partial charge in [-0.2, -0.15) is 9.97 Å². The summed E-state index contributed by atoms with van der Waals surface area (Å²) in [7, 11) is 0. The van der Waals surface area contributed by atoms with Gasteiger partial charge in [0.15, 0.2) is 11.6 Å². The minimum absolute atomic E-state index is 0.488. The van der Waals surface area contributed by atoms with E-state index in [0.717, 1.165) is 110 Å². The molecule has 0 N–H and O–H groups in total. The Bertz CT molecular complexity index is 3810. The predicted molar refractivity (Wildman–Crippen MR) is 232 cm³/mol. The molecule has 0 aliphatic heterocycles. The van der Waals surface area contributed by atoms with Crippen LogP contribution in [0.3, 0.4) is 0 Å². The highest BCUT2D eigenvalue weighted by Gasteiger charge is 2.21. The van der Waals surface area contributed by atoms with Crippen LogP contribution in [0.25, 0.3) is 127 Å². The van der Waals surface area contributed by atoms with Crippen LogP contribution in [0, 0.1) is 0 Å². The van der Waals surface area contributed by atoms with Crippen LogP contribution >= 0.6 is 0 Å². The lowest BCUT2D eigenvalue weighted by Crippen LogP contribution is -2.06. The molecular weight excluding hydrogens is 717 g/mol. The second-order valence-electron chi connectivity index (χ2n) is 14.8. The Hall–Kier alpha value is -8.03. The molecule has 7 nitrogen and oxygen atoms in total. The van der Waals surface area contributed by atoms with Gasteiger partial charge in [-0.25, -0.2) is 4.98 Å². The highest BCUT2D eigenvalue weighted by atomic mass is 16.3. The van der Waals surface area contributed by atoms with Gasteiger partial charge in [0, 0.05) is 60.3 Å². The first-order valence-electron chi connectivity index (χ1n) is 19.3. The van der Waals surface area contributed by atoms with Crippen molar-refractivity contribution in [2.45, 2.75) is 0 Å². The third kappa shape index (κ3) is 4.52. The number of fused-ring (bicyclic) bond motifs is 12. The van der Waals surface area contributed by atoms with E-state index in [1.54, 1.807) is 0 Å².